The number of fused-ring (bicyclic) bond motifs is 2. The molecule has 2 aliphatic rings. The third kappa shape index (κ3) is 3.75. The molecule has 4 heteroatoms. The van der Waals surface area contributed by atoms with Crippen LogP contribution in [0.4, 0.5) is 0 Å². The normalized spacial score (nSPS) is 17.9. The standard InChI is InChI=1S/2C13H15BrO/c2*1-3-13(4-2)11-6-5-10(14)7-9(11)8-12(13)15/h2*5-7H,3-4,8H2,1-2H3. The summed E-state index contributed by atoms with van der Waals surface area (Å²) in [6.07, 6.45) is 4.87. The molecule has 2 nitrogen and oxygen atoms in total. The van der Waals surface area contributed by atoms with Gasteiger partial charge in [-0.25, -0.2) is 0 Å². The molecule has 0 bridgehead atoms. The highest BCUT2D eigenvalue weighted by atomic mass is 79.9. The molecule has 0 spiro atoms. The largest absolute Gasteiger partial charge is 0.298 e. The van der Waals surface area contributed by atoms with Crippen molar-refractivity contribution in [3.8, 4) is 0 Å². The van der Waals surface area contributed by atoms with Crippen LogP contribution in [0.1, 0.15) is 75.6 Å². The van der Waals surface area contributed by atoms with Gasteiger partial charge in [-0.1, -0.05) is 71.7 Å². The highest BCUT2D eigenvalue weighted by Crippen LogP contribution is 2.43. The minimum Gasteiger partial charge on any atom is -0.298 e. The number of ketones is 2. The number of halogens is 2. The molecule has 0 fully saturated rings. The van der Waals surface area contributed by atoms with Crippen molar-refractivity contribution in [2.45, 2.75) is 77.0 Å². The van der Waals surface area contributed by atoms with Gasteiger partial charge in [0.25, 0.3) is 0 Å². The van der Waals surface area contributed by atoms with Gasteiger partial charge in [0.05, 0.1) is 10.8 Å². The molecule has 0 saturated carbocycles. The lowest BCUT2D eigenvalue weighted by Gasteiger charge is -2.25. The predicted molar refractivity (Wildman–Crippen MR) is 130 cm³/mol. The Morgan fingerprint density at radius 1 is 0.667 bits per heavy atom. The van der Waals surface area contributed by atoms with Crippen LogP contribution in [0.2, 0.25) is 0 Å². The molecular weight excluding hydrogens is 504 g/mol. The summed E-state index contributed by atoms with van der Waals surface area (Å²) < 4.78 is 2.13. The number of hydrogen-bond donors (Lipinski definition) is 0. The molecule has 30 heavy (non-hydrogen) atoms. The number of Topliss-reactive ketones (excluding diaryl/α,β-unsaturated/α-hetero) is 2. The Bertz CT molecular complexity index is 889. The van der Waals surface area contributed by atoms with Crippen LogP contribution in [-0.4, -0.2) is 11.6 Å². The zero-order chi connectivity index (χ0) is 22.1. The molecule has 2 aliphatic carbocycles. The Kier molecular flexibility index (Phi) is 7.08. The molecule has 4 rings (SSSR count). The molecule has 0 radical (unpaired) electrons. The van der Waals surface area contributed by atoms with E-state index in [1.165, 1.54) is 22.3 Å². The van der Waals surface area contributed by atoms with Crippen LogP contribution >= 0.6 is 31.9 Å². The number of rotatable bonds is 4. The van der Waals surface area contributed by atoms with E-state index >= 15 is 0 Å². The summed E-state index contributed by atoms with van der Waals surface area (Å²) in [5, 5.41) is 0. The van der Waals surface area contributed by atoms with Gasteiger partial charge in [0, 0.05) is 21.8 Å². The molecular formula is C26H30Br2O2. The lowest BCUT2D eigenvalue weighted by Crippen LogP contribution is -2.30. The van der Waals surface area contributed by atoms with Crippen LogP contribution in [0.25, 0.3) is 0 Å². The average molecular weight is 534 g/mol. The number of benzene rings is 2. The van der Waals surface area contributed by atoms with Crippen LogP contribution in [0, 0.1) is 0 Å². The second-order valence-electron chi connectivity index (χ2n) is 8.38. The van der Waals surface area contributed by atoms with Crippen molar-refractivity contribution >= 4 is 43.4 Å². The van der Waals surface area contributed by atoms with Gasteiger partial charge in [0.1, 0.15) is 11.6 Å². The van der Waals surface area contributed by atoms with E-state index < -0.39 is 0 Å². The Morgan fingerprint density at radius 2 is 1.00 bits per heavy atom. The lowest BCUT2D eigenvalue weighted by atomic mass is 9.76. The quantitative estimate of drug-likeness (QED) is 0.414. The first kappa shape index (κ1) is 23.4. The molecule has 0 heterocycles. The Labute approximate surface area is 197 Å². The maximum Gasteiger partial charge on any atom is 0.147 e. The maximum atomic E-state index is 12.1. The van der Waals surface area contributed by atoms with Gasteiger partial charge < -0.3 is 0 Å². The van der Waals surface area contributed by atoms with Crippen molar-refractivity contribution in [2.75, 3.05) is 0 Å². The van der Waals surface area contributed by atoms with E-state index in [9.17, 15) is 9.59 Å². The van der Waals surface area contributed by atoms with Crippen molar-refractivity contribution in [1.29, 1.82) is 0 Å². The van der Waals surface area contributed by atoms with Gasteiger partial charge in [-0.2, -0.15) is 0 Å². The fourth-order valence-corrected chi connectivity index (χ4v) is 6.20. The van der Waals surface area contributed by atoms with Crippen molar-refractivity contribution in [3.63, 3.8) is 0 Å². The molecule has 2 aromatic carbocycles. The average Bonchev–Trinajstić information content (AvgIpc) is 3.17. The molecule has 160 valence electrons. The van der Waals surface area contributed by atoms with E-state index in [1.54, 1.807) is 0 Å². The number of hydrogen-bond acceptors (Lipinski definition) is 2. The Hall–Kier alpha value is -1.26. The van der Waals surface area contributed by atoms with E-state index in [0.29, 0.717) is 24.4 Å². The minimum atomic E-state index is -0.198. The monoisotopic (exact) mass is 532 g/mol. The first-order chi connectivity index (χ1) is 14.3. The zero-order valence-corrected chi connectivity index (χ0v) is 21.5. The van der Waals surface area contributed by atoms with E-state index in [0.717, 1.165) is 34.6 Å². The molecule has 0 unspecified atom stereocenters. The summed E-state index contributed by atoms with van der Waals surface area (Å²) in [4.78, 5) is 24.2. The Balaban J connectivity index is 0.000000171. The molecule has 0 saturated heterocycles. The Morgan fingerprint density at radius 3 is 1.30 bits per heavy atom. The van der Waals surface area contributed by atoms with Gasteiger partial charge in [0.15, 0.2) is 0 Å². The van der Waals surface area contributed by atoms with Crippen LogP contribution in [0.5, 0.6) is 0 Å². The third-order valence-corrected chi connectivity index (χ3v) is 8.34. The first-order valence-electron chi connectivity index (χ1n) is 10.9. The molecule has 0 amide bonds. The summed E-state index contributed by atoms with van der Waals surface area (Å²) in [6, 6.07) is 12.5. The van der Waals surface area contributed by atoms with Gasteiger partial charge >= 0.3 is 0 Å². The first-order valence-corrected chi connectivity index (χ1v) is 12.5. The minimum absolute atomic E-state index is 0.198. The SMILES string of the molecule is CCC1(CC)C(=O)Cc2cc(Br)ccc21.CCC1(CC)C(=O)Cc2cc(Br)ccc21. The predicted octanol–water partition coefficient (Wildman–Crippen LogP) is 7.26. The molecule has 0 N–H and O–H groups in total. The third-order valence-electron chi connectivity index (χ3n) is 7.35. The second-order valence-corrected chi connectivity index (χ2v) is 10.2. The van der Waals surface area contributed by atoms with Crippen molar-refractivity contribution < 1.29 is 9.59 Å². The van der Waals surface area contributed by atoms with E-state index in [2.05, 4.69) is 83.8 Å². The maximum absolute atomic E-state index is 12.1. The van der Waals surface area contributed by atoms with Crippen LogP contribution in [0.15, 0.2) is 45.3 Å². The number of carbonyl (C=O) groups excluding carboxylic acids is 2. The highest BCUT2D eigenvalue weighted by Gasteiger charge is 2.43. The molecule has 0 aromatic heterocycles. The summed E-state index contributed by atoms with van der Waals surface area (Å²) in [5.41, 5.74) is 4.52. The lowest BCUT2D eigenvalue weighted by molar-refractivity contribution is -0.123. The van der Waals surface area contributed by atoms with Crippen molar-refractivity contribution in [3.05, 3.63) is 67.6 Å². The van der Waals surface area contributed by atoms with Gasteiger partial charge in [-0.05, 0) is 72.2 Å². The number of carbonyl (C=O) groups is 2. The van der Waals surface area contributed by atoms with Crippen LogP contribution in [0.3, 0.4) is 0 Å². The van der Waals surface area contributed by atoms with Gasteiger partial charge in [0.2, 0.25) is 0 Å². The van der Waals surface area contributed by atoms with E-state index in [1.807, 2.05) is 12.1 Å². The van der Waals surface area contributed by atoms with Crippen LogP contribution < -0.4 is 0 Å². The van der Waals surface area contributed by atoms with Crippen molar-refractivity contribution in [2.24, 2.45) is 0 Å². The molecule has 0 aliphatic heterocycles. The van der Waals surface area contributed by atoms with Crippen molar-refractivity contribution in [1.82, 2.24) is 0 Å². The van der Waals surface area contributed by atoms with Gasteiger partial charge in [-0.3, -0.25) is 9.59 Å². The molecule has 0 atom stereocenters. The van der Waals surface area contributed by atoms with E-state index in [4.69, 9.17) is 0 Å². The highest BCUT2D eigenvalue weighted by molar-refractivity contribution is 9.10. The molecule has 2 aromatic rings. The fourth-order valence-electron chi connectivity index (χ4n) is 5.39. The summed E-state index contributed by atoms with van der Waals surface area (Å²) >= 11 is 6.91. The van der Waals surface area contributed by atoms with E-state index in [-0.39, 0.29) is 10.8 Å². The van der Waals surface area contributed by atoms with Crippen LogP contribution in [-0.2, 0) is 33.3 Å². The fraction of sp³-hybridized carbons (Fsp3) is 0.462. The van der Waals surface area contributed by atoms with Gasteiger partial charge in [-0.15, -0.1) is 0 Å². The zero-order valence-electron chi connectivity index (χ0n) is 18.3. The summed E-state index contributed by atoms with van der Waals surface area (Å²) in [5.74, 6) is 0.779. The topological polar surface area (TPSA) is 34.1 Å². The smallest absolute Gasteiger partial charge is 0.147 e. The summed E-state index contributed by atoms with van der Waals surface area (Å²) in [6.45, 7) is 8.44. The second kappa shape index (κ2) is 9.08. The summed E-state index contributed by atoms with van der Waals surface area (Å²) in [7, 11) is 0.